The standard InChI is InChI=1S/C27H22Cl2N2O7S2/c1-3-37-17(32)12-30-25-22(40-27(30)36)18(15-6-5-7-16(28)20(15)29)19-21(39-25)24(34)31(23(19)33)14-10-8-13(9-11-14)26(35)38-4-2/h5-11,18-19,21H,3-4,12H2,1-2H3/t18-,19-,21+/m0/s1. The number of thiazole rings is 1. The van der Waals surface area contributed by atoms with Crippen LogP contribution in [0.4, 0.5) is 5.69 Å². The van der Waals surface area contributed by atoms with E-state index in [0.29, 0.717) is 21.2 Å². The Kier molecular flexibility index (Phi) is 8.10. The number of carbonyl (C=O) groups excluding carboxylic acids is 4. The maximum Gasteiger partial charge on any atom is 0.338 e. The van der Waals surface area contributed by atoms with Crippen molar-refractivity contribution in [2.45, 2.75) is 36.6 Å². The molecule has 1 aromatic heterocycles. The summed E-state index contributed by atoms with van der Waals surface area (Å²) in [7, 11) is 0. The summed E-state index contributed by atoms with van der Waals surface area (Å²) < 4.78 is 11.3. The largest absolute Gasteiger partial charge is 0.465 e. The van der Waals surface area contributed by atoms with E-state index in [1.165, 1.54) is 28.8 Å². The van der Waals surface area contributed by atoms with Crippen molar-refractivity contribution in [3.8, 4) is 0 Å². The van der Waals surface area contributed by atoms with Crippen molar-refractivity contribution in [3.63, 3.8) is 0 Å². The number of esters is 2. The Bertz CT molecular complexity index is 1580. The van der Waals surface area contributed by atoms with Crippen LogP contribution in [0.2, 0.25) is 10.0 Å². The van der Waals surface area contributed by atoms with Gasteiger partial charge in [-0.1, -0.05) is 58.4 Å². The number of benzene rings is 2. The highest BCUT2D eigenvalue weighted by atomic mass is 35.5. The van der Waals surface area contributed by atoms with Crippen LogP contribution < -0.4 is 9.77 Å². The van der Waals surface area contributed by atoms with Crippen LogP contribution in [0.15, 0.2) is 52.3 Å². The molecule has 3 heterocycles. The summed E-state index contributed by atoms with van der Waals surface area (Å²) in [6, 6.07) is 11.0. The van der Waals surface area contributed by atoms with Gasteiger partial charge in [0.2, 0.25) is 11.8 Å². The average molecular weight is 622 g/mol. The average Bonchev–Trinajstić information content (AvgIpc) is 3.37. The molecule has 2 aliphatic rings. The highest BCUT2D eigenvalue weighted by Crippen LogP contribution is 2.55. The number of aromatic nitrogens is 1. The van der Waals surface area contributed by atoms with E-state index in [4.69, 9.17) is 32.7 Å². The van der Waals surface area contributed by atoms with E-state index in [-0.39, 0.29) is 35.4 Å². The van der Waals surface area contributed by atoms with Gasteiger partial charge in [0.05, 0.1) is 45.5 Å². The van der Waals surface area contributed by atoms with Crippen molar-refractivity contribution >= 4 is 75.7 Å². The molecule has 0 N–H and O–H groups in total. The van der Waals surface area contributed by atoms with Gasteiger partial charge in [-0.2, -0.15) is 0 Å². The predicted molar refractivity (Wildman–Crippen MR) is 152 cm³/mol. The molecule has 0 radical (unpaired) electrons. The predicted octanol–water partition coefficient (Wildman–Crippen LogP) is 4.75. The van der Waals surface area contributed by atoms with Crippen LogP contribution in [0.1, 0.15) is 40.6 Å². The number of amides is 2. The van der Waals surface area contributed by atoms with E-state index in [2.05, 4.69) is 0 Å². The summed E-state index contributed by atoms with van der Waals surface area (Å²) in [6.07, 6.45) is 0. The van der Waals surface area contributed by atoms with E-state index >= 15 is 0 Å². The van der Waals surface area contributed by atoms with Crippen molar-refractivity contribution in [3.05, 3.63) is 78.2 Å². The van der Waals surface area contributed by atoms with Gasteiger partial charge in [-0.3, -0.25) is 23.7 Å². The third-order valence-electron chi connectivity index (χ3n) is 6.59. The quantitative estimate of drug-likeness (QED) is 0.275. The van der Waals surface area contributed by atoms with Crippen LogP contribution in [0.3, 0.4) is 0 Å². The molecule has 1 saturated heterocycles. The van der Waals surface area contributed by atoms with Gasteiger partial charge in [0.25, 0.3) is 0 Å². The fourth-order valence-corrected chi connectivity index (χ4v) is 8.09. The Labute approximate surface area is 247 Å². The SMILES string of the molecule is CCOC(=O)Cn1c2c(sc1=O)[C@@H](c1cccc(Cl)c1Cl)[C@@H]1C(=O)N(c3ccc(C(=O)OCC)cc3)C(=O)[C@@H]1S2. The van der Waals surface area contributed by atoms with Crippen molar-refractivity contribution in [1.82, 2.24) is 4.57 Å². The summed E-state index contributed by atoms with van der Waals surface area (Å²) >= 11 is 14.9. The van der Waals surface area contributed by atoms with Crippen LogP contribution >= 0.6 is 46.3 Å². The lowest BCUT2D eigenvalue weighted by Gasteiger charge is -2.31. The van der Waals surface area contributed by atoms with Crippen molar-refractivity contribution in [2.24, 2.45) is 5.92 Å². The van der Waals surface area contributed by atoms with E-state index < -0.39 is 45.7 Å². The number of halogens is 2. The van der Waals surface area contributed by atoms with Crippen molar-refractivity contribution in [1.29, 1.82) is 0 Å². The van der Waals surface area contributed by atoms with Gasteiger partial charge in [0, 0.05) is 10.8 Å². The van der Waals surface area contributed by atoms with Gasteiger partial charge < -0.3 is 9.47 Å². The molecule has 0 saturated carbocycles. The monoisotopic (exact) mass is 620 g/mol. The third-order valence-corrected chi connectivity index (χ3v) is 10.0. The first-order chi connectivity index (χ1) is 19.2. The Balaban J connectivity index is 1.61. The molecule has 5 rings (SSSR count). The summed E-state index contributed by atoms with van der Waals surface area (Å²) in [5.74, 6) is -3.75. The third kappa shape index (κ3) is 4.85. The molecule has 3 aromatic rings. The number of hydrogen-bond donors (Lipinski definition) is 0. The van der Waals surface area contributed by atoms with Gasteiger partial charge >= 0.3 is 16.8 Å². The zero-order valence-electron chi connectivity index (χ0n) is 21.2. The fraction of sp³-hybridized carbons (Fsp3) is 0.296. The summed E-state index contributed by atoms with van der Waals surface area (Å²) in [5, 5.41) is -0.0312. The number of anilines is 1. The van der Waals surface area contributed by atoms with Crippen LogP contribution in [-0.4, -0.2) is 46.8 Å². The van der Waals surface area contributed by atoms with E-state index in [0.717, 1.165) is 28.0 Å². The molecule has 1 fully saturated rings. The zero-order chi connectivity index (χ0) is 28.7. The molecular weight excluding hydrogens is 599 g/mol. The Morgan fingerprint density at radius 1 is 0.950 bits per heavy atom. The highest BCUT2D eigenvalue weighted by molar-refractivity contribution is 8.00. The fourth-order valence-electron chi connectivity index (χ4n) is 4.90. The van der Waals surface area contributed by atoms with Gasteiger partial charge in [0.15, 0.2) is 0 Å². The molecule has 13 heteroatoms. The molecule has 2 aliphatic heterocycles. The molecule has 0 unspecified atom stereocenters. The molecule has 2 amide bonds. The molecule has 0 bridgehead atoms. The van der Waals surface area contributed by atoms with Gasteiger partial charge in [-0.15, -0.1) is 0 Å². The number of fused-ring (bicyclic) bond motifs is 2. The van der Waals surface area contributed by atoms with Gasteiger partial charge in [-0.25, -0.2) is 9.69 Å². The lowest BCUT2D eigenvalue weighted by Crippen LogP contribution is -2.33. The molecular formula is C27H22Cl2N2O7S2. The molecule has 40 heavy (non-hydrogen) atoms. The first-order valence-electron chi connectivity index (χ1n) is 12.3. The minimum atomic E-state index is -0.910. The van der Waals surface area contributed by atoms with Crippen LogP contribution in [0.5, 0.6) is 0 Å². The molecule has 3 atom stereocenters. The number of nitrogens with zero attached hydrogens (tertiary/aromatic N) is 2. The van der Waals surface area contributed by atoms with Crippen molar-refractivity contribution in [2.75, 3.05) is 18.1 Å². The van der Waals surface area contributed by atoms with Crippen LogP contribution in [-0.2, 0) is 30.4 Å². The maximum absolute atomic E-state index is 14.0. The van der Waals surface area contributed by atoms with Crippen LogP contribution in [0, 0.1) is 5.92 Å². The minimum Gasteiger partial charge on any atom is -0.465 e. The Morgan fingerprint density at radius 2 is 1.65 bits per heavy atom. The molecule has 2 aromatic carbocycles. The number of hydrogen-bond acceptors (Lipinski definition) is 9. The smallest absolute Gasteiger partial charge is 0.338 e. The second-order valence-corrected chi connectivity index (χ2v) is 11.8. The number of thioether (sulfide) groups is 1. The summed E-state index contributed by atoms with van der Waals surface area (Å²) in [5.41, 5.74) is 1.07. The van der Waals surface area contributed by atoms with Gasteiger partial charge in [0.1, 0.15) is 11.8 Å². The maximum atomic E-state index is 14.0. The van der Waals surface area contributed by atoms with Gasteiger partial charge in [-0.05, 0) is 49.7 Å². The number of rotatable bonds is 7. The lowest BCUT2D eigenvalue weighted by atomic mass is 9.83. The molecule has 9 nitrogen and oxygen atoms in total. The number of ether oxygens (including phenoxy) is 2. The lowest BCUT2D eigenvalue weighted by molar-refractivity contribution is -0.144. The Morgan fingerprint density at radius 3 is 2.33 bits per heavy atom. The zero-order valence-corrected chi connectivity index (χ0v) is 24.4. The van der Waals surface area contributed by atoms with Crippen LogP contribution in [0.25, 0.3) is 0 Å². The number of carbonyl (C=O) groups is 4. The number of imide groups is 1. The van der Waals surface area contributed by atoms with E-state index in [1.807, 2.05) is 0 Å². The molecule has 208 valence electrons. The first kappa shape index (κ1) is 28.4. The van der Waals surface area contributed by atoms with Crippen molar-refractivity contribution < 1.29 is 28.7 Å². The molecule has 0 aliphatic carbocycles. The first-order valence-corrected chi connectivity index (χ1v) is 14.8. The minimum absolute atomic E-state index is 0.148. The molecule has 0 spiro atoms. The van der Waals surface area contributed by atoms with E-state index in [9.17, 15) is 24.0 Å². The highest BCUT2D eigenvalue weighted by Gasteiger charge is 2.57. The summed E-state index contributed by atoms with van der Waals surface area (Å²) in [4.78, 5) is 66.4. The topological polar surface area (TPSA) is 112 Å². The summed E-state index contributed by atoms with van der Waals surface area (Å²) in [6.45, 7) is 3.39. The Hall–Kier alpha value is -3.12. The second-order valence-electron chi connectivity index (χ2n) is 8.89. The second kappa shape index (κ2) is 11.4. The normalized spacial score (nSPS) is 19.8. The van der Waals surface area contributed by atoms with E-state index in [1.54, 1.807) is 32.0 Å².